The van der Waals surface area contributed by atoms with E-state index in [1.54, 1.807) is 0 Å². The molecule has 1 aliphatic rings. The van der Waals surface area contributed by atoms with Gasteiger partial charge in [0.25, 0.3) is 5.91 Å². The Morgan fingerprint density at radius 3 is 2.71 bits per heavy atom. The molecule has 0 fully saturated rings. The fraction of sp³-hybridized carbons (Fsp3) is 0.471. The van der Waals surface area contributed by atoms with Gasteiger partial charge in [-0.1, -0.05) is 25.1 Å². The fourth-order valence-electron chi connectivity index (χ4n) is 2.57. The van der Waals surface area contributed by atoms with Crippen LogP contribution in [-0.2, 0) is 4.79 Å². The Morgan fingerprint density at radius 1 is 1.21 bits per heavy atom. The topological polar surface area (TPSA) is 89.3 Å². The summed E-state index contributed by atoms with van der Waals surface area (Å²) in [5.74, 6) is 2.06. The Labute approximate surface area is 140 Å². The van der Waals surface area contributed by atoms with Gasteiger partial charge in [0.1, 0.15) is 5.75 Å². The van der Waals surface area contributed by atoms with Crippen molar-refractivity contribution >= 4 is 11.6 Å². The molecule has 0 saturated heterocycles. The Hall–Kier alpha value is -2.41. The first-order chi connectivity index (χ1) is 11.4. The van der Waals surface area contributed by atoms with Gasteiger partial charge in [-0.3, -0.25) is 10.1 Å². The molecule has 1 aromatic carbocycles. The summed E-state index contributed by atoms with van der Waals surface area (Å²) in [6.45, 7) is 8.14. The molecule has 0 saturated carbocycles. The van der Waals surface area contributed by atoms with Crippen molar-refractivity contribution in [1.82, 2.24) is 15.5 Å². The van der Waals surface area contributed by atoms with Gasteiger partial charge in [0.2, 0.25) is 5.89 Å². The molecule has 2 aromatic rings. The van der Waals surface area contributed by atoms with Crippen LogP contribution in [0.2, 0.25) is 0 Å². The Kier molecular flexibility index (Phi) is 4.53. The molecule has 0 spiro atoms. The molecule has 1 aromatic heterocycles. The van der Waals surface area contributed by atoms with E-state index in [1.807, 2.05) is 45.9 Å². The predicted octanol–water partition coefficient (Wildman–Crippen LogP) is 2.94. The van der Waals surface area contributed by atoms with Gasteiger partial charge in [0, 0.05) is 12.0 Å². The van der Waals surface area contributed by atoms with Crippen molar-refractivity contribution < 1.29 is 14.1 Å². The van der Waals surface area contributed by atoms with Crippen LogP contribution in [0.5, 0.6) is 5.75 Å². The van der Waals surface area contributed by atoms with Crippen molar-refractivity contribution in [2.45, 2.75) is 45.7 Å². The largest absolute Gasteiger partial charge is 0.482 e. The van der Waals surface area contributed by atoms with E-state index < -0.39 is 0 Å². The molecule has 0 radical (unpaired) electrons. The standard InChI is InChI=1S/C17H22N4O3/c1-9(2)16-20-17(24-21-16)11(4)18-10(3)12-5-6-14-13(7-12)19-15(22)8-23-14/h5-7,9-11,18H,8H2,1-4H3,(H,19,22)/t10-,11+/m1/s1. The lowest BCUT2D eigenvalue weighted by atomic mass is 10.1. The molecule has 128 valence electrons. The highest BCUT2D eigenvalue weighted by Crippen LogP contribution is 2.31. The average molecular weight is 330 g/mol. The molecule has 2 atom stereocenters. The molecule has 2 heterocycles. The number of ether oxygens (including phenoxy) is 1. The van der Waals surface area contributed by atoms with E-state index in [4.69, 9.17) is 9.26 Å². The van der Waals surface area contributed by atoms with Gasteiger partial charge in [0.05, 0.1) is 11.7 Å². The van der Waals surface area contributed by atoms with Gasteiger partial charge in [-0.15, -0.1) is 0 Å². The summed E-state index contributed by atoms with van der Waals surface area (Å²) in [4.78, 5) is 15.9. The molecule has 7 nitrogen and oxygen atoms in total. The average Bonchev–Trinajstić information content (AvgIpc) is 3.04. The number of aromatic nitrogens is 2. The zero-order valence-electron chi connectivity index (χ0n) is 14.3. The maximum Gasteiger partial charge on any atom is 0.262 e. The van der Waals surface area contributed by atoms with E-state index in [9.17, 15) is 4.79 Å². The van der Waals surface area contributed by atoms with E-state index in [1.165, 1.54) is 0 Å². The SMILES string of the molecule is CC(C)c1noc([C@H](C)N[C@H](C)c2ccc3c(c2)NC(=O)CO3)n1. The number of carbonyl (C=O) groups is 1. The summed E-state index contributed by atoms with van der Waals surface area (Å²) in [6, 6.07) is 5.73. The second-order valence-electron chi connectivity index (χ2n) is 6.35. The zero-order valence-corrected chi connectivity index (χ0v) is 14.3. The summed E-state index contributed by atoms with van der Waals surface area (Å²) in [5, 5.41) is 10.2. The summed E-state index contributed by atoms with van der Waals surface area (Å²) in [7, 11) is 0. The van der Waals surface area contributed by atoms with Crippen molar-refractivity contribution in [2.24, 2.45) is 0 Å². The van der Waals surface area contributed by atoms with Crippen molar-refractivity contribution in [3.8, 4) is 5.75 Å². The van der Waals surface area contributed by atoms with Crippen LogP contribution < -0.4 is 15.4 Å². The highest BCUT2D eigenvalue weighted by molar-refractivity contribution is 5.95. The first-order valence-corrected chi connectivity index (χ1v) is 8.10. The number of nitrogens with zero attached hydrogens (tertiary/aromatic N) is 2. The minimum absolute atomic E-state index is 0.0403. The van der Waals surface area contributed by atoms with E-state index in [0.29, 0.717) is 23.2 Å². The molecule has 0 aliphatic carbocycles. The lowest BCUT2D eigenvalue weighted by molar-refractivity contribution is -0.118. The van der Waals surface area contributed by atoms with Gasteiger partial charge >= 0.3 is 0 Å². The Balaban J connectivity index is 1.71. The number of carbonyl (C=O) groups excluding carboxylic acids is 1. The Bertz CT molecular complexity index is 741. The second-order valence-corrected chi connectivity index (χ2v) is 6.35. The highest BCUT2D eigenvalue weighted by Gasteiger charge is 2.20. The van der Waals surface area contributed by atoms with Crippen molar-refractivity contribution in [3.05, 3.63) is 35.5 Å². The number of amides is 1. The van der Waals surface area contributed by atoms with E-state index in [-0.39, 0.29) is 30.5 Å². The van der Waals surface area contributed by atoms with Crippen LogP contribution in [0.4, 0.5) is 5.69 Å². The fourth-order valence-corrected chi connectivity index (χ4v) is 2.57. The molecule has 1 amide bonds. The van der Waals surface area contributed by atoms with Crippen LogP contribution in [0.25, 0.3) is 0 Å². The van der Waals surface area contributed by atoms with Gasteiger partial charge in [0.15, 0.2) is 12.4 Å². The molecule has 0 unspecified atom stereocenters. The quantitative estimate of drug-likeness (QED) is 0.876. The number of hydrogen-bond acceptors (Lipinski definition) is 6. The first kappa shape index (κ1) is 16.4. The predicted molar refractivity (Wildman–Crippen MR) is 88.9 cm³/mol. The maximum absolute atomic E-state index is 11.4. The number of nitrogens with one attached hydrogen (secondary N) is 2. The van der Waals surface area contributed by atoms with Gasteiger partial charge in [-0.25, -0.2) is 0 Å². The number of benzene rings is 1. The molecule has 3 rings (SSSR count). The van der Waals surface area contributed by atoms with Crippen LogP contribution in [0.15, 0.2) is 22.7 Å². The Morgan fingerprint density at radius 2 is 2.00 bits per heavy atom. The third-order valence-electron chi connectivity index (χ3n) is 3.98. The lowest BCUT2D eigenvalue weighted by Crippen LogP contribution is -2.26. The van der Waals surface area contributed by atoms with E-state index >= 15 is 0 Å². The van der Waals surface area contributed by atoms with Gasteiger partial charge in [-0.2, -0.15) is 4.98 Å². The summed E-state index contributed by atoms with van der Waals surface area (Å²) < 4.78 is 10.7. The summed E-state index contributed by atoms with van der Waals surface area (Å²) in [5.41, 5.74) is 1.74. The summed E-state index contributed by atoms with van der Waals surface area (Å²) in [6.07, 6.45) is 0. The third kappa shape index (κ3) is 3.41. The van der Waals surface area contributed by atoms with Crippen molar-refractivity contribution in [2.75, 3.05) is 11.9 Å². The van der Waals surface area contributed by atoms with Gasteiger partial charge in [-0.05, 0) is 31.5 Å². The monoisotopic (exact) mass is 330 g/mol. The smallest absolute Gasteiger partial charge is 0.262 e. The second kappa shape index (κ2) is 6.60. The number of rotatable bonds is 5. The molecular weight excluding hydrogens is 308 g/mol. The number of anilines is 1. The molecule has 2 N–H and O–H groups in total. The van der Waals surface area contributed by atoms with Crippen molar-refractivity contribution in [1.29, 1.82) is 0 Å². The van der Waals surface area contributed by atoms with Crippen LogP contribution >= 0.6 is 0 Å². The van der Waals surface area contributed by atoms with E-state index in [2.05, 4.69) is 20.8 Å². The van der Waals surface area contributed by atoms with E-state index in [0.717, 1.165) is 5.56 Å². The minimum atomic E-state index is -0.138. The molecule has 7 heteroatoms. The lowest BCUT2D eigenvalue weighted by Gasteiger charge is -2.22. The molecular formula is C17H22N4O3. The molecule has 1 aliphatic heterocycles. The third-order valence-corrected chi connectivity index (χ3v) is 3.98. The van der Waals surface area contributed by atoms with Crippen molar-refractivity contribution in [3.63, 3.8) is 0 Å². The maximum atomic E-state index is 11.4. The zero-order chi connectivity index (χ0) is 17.3. The number of hydrogen-bond donors (Lipinski definition) is 2. The first-order valence-electron chi connectivity index (χ1n) is 8.10. The number of fused-ring (bicyclic) bond motifs is 1. The van der Waals surface area contributed by atoms with Crippen LogP contribution in [-0.4, -0.2) is 22.7 Å². The highest BCUT2D eigenvalue weighted by atomic mass is 16.5. The van der Waals surface area contributed by atoms with Gasteiger partial charge < -0.3 is 14.6 Å². The minimum Gasteiger partial charge on any atom is -0.482 e. The normalized spacial score (nSPS) is 16.3. The van der Waals surface area contributed by atoms with Crippen LogP contribution in [0.3, 0.4) is 0 Å². The van der Waals surface area contributed by atoms with Crippen LogP contribution in [0.1, 0.15) is 63.0 Å². The summed E-state index contributed by atoms with van der Waals surface area (Å²) >= 11 is 0. The molecule has 0 bridgehead atoms. The molecule has 24 heavy (non-hydrogen) atoms. The van der Waals surface area contributed by atoms with Crippen LogP contribution in [0, 0.1) is 0 Å².